The van der Waals surface area contributed by atoms with E-state index < -0.39 is 0 Å². The third-order valence-electron chi connectivity index (χ3n) is 3.58. The van der Waals surface area contributed by atoms with Crippen molar-refractivity contribution in [2.75, 3.05) is 11.9 Å². The highest BCUT2D eigenvalue weighted by Gasteiger charge is 2.29. The van der Waals surface area contributed by atoms with Crippen LogP contribution < -0.4 is 4.90 Å². The minimum Gasteiger partial charge on any atom is -0.362 e. The smallest absolute Gasteiger partial charge is 0.258 e. The summed E-state index contributed by atoms with van der Waals surface area (Å²) in [5.74, 6) is 0.0550. The Balaban J connectivity index is 2.16. The minimum atomic E-state index is 0.0550. The standard InChI is InChI=1S/C16H16N2O/c1-10-8-12(11(2)17-10)9-14-13-6-4-5-7-15(13)18(3)16(14)19/h4-9,17H,1-3H3/b14-9+. The van der Waals surface area contributed by atoms with Crippen molar-refractivity contribution in [3.63, 3.8) is 0 Å². The van der Waals surface area contributed by atoms with E-state index in [2.05, 4.69) is 11.1 Å². The van der Waals surface area contributed by atoms with Gasteiger partial charge in [-0.05, 0) is 37.6 Å². The second kappa shape index (κ2) is 4.12. The van der Waals surface area contributed by atoms with Crippen LogP contribution in [-0.2, 0) is 4.79 Å². The maximum absolute atomic E-state index is 12.3. The van der Waals surface area contributed by atoms with Crippen molar-refractivity contribution in [3.05, 3.63) is 52.8 Å². The fraction of sp³-hybridized carbons (Fsp3) is 0.188. The van der Waals surface area contributed by atoms with Gasteiger partial charge in [0.05, 0.1) is 5.69 Å². The van der Waals surface area contributed by atoms with Gasteiger partial charge in [0.1, 0.15) is 0 Å². The van der Waals surface area contributed by atoms with Gasteiger partial charge in [0, 0.05) is 29.6 Å². The molecular formula is C16H16N2O. The number of H-pyrrole nitrogens is 1. The number of rotatable bonds is 1. The van der Waals surface area contributed by atoms with Crippen LogP contribution >= 0.6 is 0 Å². The summed E-state index contributed by atoms with van der Waals surface area (Å²) in [6.07, 6.45) is 1.98. The topological polar surface area (TPSA) is 36.1 Å². The van der Waals surface area contributed by atoms with E-state index in [1.165, 1.54) is 0 Å². The van der Waals surface area contributed by atoms with Gasteiger partial charge in [-0.15, -0.1) is 0 Å². The Kier molecular flexibility index (Phi) is 2.56. The Morgan fingerprint density at radius 2 is 1.95 bits per heavy atom. The molecule has 0 spiro atoms. The lowest BCUT2D eigenvalue weighted by molar-refractivity contribution is -0.112. The predicted molar refractivity (Wildman–Crippen MR) is 78.0 cm³/mol. The first kappa shape index (κ1) is 11.8. The number of aromatic nitrogens is 1. The molecular weight excluding hydrogens is 236 g/mol. The lowest BCUT2D eigenvalue weighted by Crippen LogP contribution is -2.20. The molecule has 3 heteroatoms. The van der Waals surface area contributed by atoms with Crippen LogP contribution in [0.25, 0.3) is 11.6 Å². The van der Waals surface area contributed by atoms with Crippen molar-refractivity contribution in [3.8, 4) is 0 Å². The number of para-hydroxylation sites is 1. The Morgan fingerprint density at radius 3 is 2.63 bits per heavy atom. The molecule has 1 amide bonds. The molecule has 3 rings (SSSR count). The second-order valence-electron chi connectivity index (χ2n) is 4.97. The van der Waals surface area contributed by atoms with Crippen molar-refractivity contribution < 1.29 is 4.79 Å². The molecule has 1 aromatic heterocycles. The van der Waals surface area contributed by atoms with Gasteiger partial charge in [-0.1, -0.05) is 18.2 Å². The largest absolute Gasteiger partial charge is 0.362 e. The number of benzene rings is 1. The quantitative estimate of drug-likeness (QED) is 0.778. The number of aromatic amines is 1. The number of fused-ring (bicyclic) bond motifs is 1. The molecule has 0 saturated carbocycles. The third-order valence-corrected chi connectivity index (χ3v) is 3.58. The van der Waals surface area contributed by atoms with Crippen LogP contribution in [0.1, 0.15) is 22.5 Å². The van der Waals surface area contributed by atoms with Crippen molar-refractivity contribution in [2.45, 2.75) is 13.8 Å². The van der Waals surface area contributed by atoms with Crippen molar-refractivity contribution in [2.24, 2.45) is 0 Å². The number of aryl methyl sites for hydroxylation is 2. The summed E-state index contributed by atoms with van der Waals surface area (Å²) in [6, 6.07) is 9.96. The Labute approximate surface area is 112 Å². The predicted octanol–water partition coefficient (Wildman–Crippen LogP) is 3.15. The van der Waals surface area contributed by atoms with E-state index in [4.69, 9.17) is 0 Å². The minimum absolute atomic E-state index is 0.0550. The number of carbonyl (C=O) groups excluding carboxylic acids is 1. The van der Waals surface area contributed by atoms with E-state index in [-0.39, 0.29) is 5.91 Å². The molecule has 3 nitrogen and oxygen atoms in total. The van der Waals surface area contributed by atoms with Crippen molar-refractivity contribution >= 4 is 23.2 Å². The number of likely N-dealkylation sites (N-methyl/N-ethyl adjacent to an activating group) is 1. The molecule has 0 unspecified atom stereocenters. The van der Waals surface area contributed by atoms with Gasteiger partial charge in [-0.3, -0.25) is 4.79 Å². The second-order valence-corrected chi connectivity index (χ2v) is 4.97. The van der Waals surface area contributed by atoms with Gasteiger partial charge in [-0.2, -0.15) is 0 Å². The van der Waals surface area contributed by atoms with E-state index in [0.717, 1.165) is 33.8 Å². The van der Waals surface area contributed by atoms with E-state index in [9.17, 15) is 4.79 Å². The summed E-state index contributed by atoms with van der Waals surface area (Å²) >= 11 is 0. The average Bonchev–Trinajstić information content (AvgIpc) is 2.83. The summed E-state index contributed by atoms with van der Waals surface area (Å²) in [5.41, 5.74) is 6.02. The number of carbonyl (C=O) groups is 1. The normalized spacial score (nSPS) is 16.3. The molecule has 0 atom stereocenters. The lowest BCUT2D eigenvalue weighted by Gasteiger charge is -2.07. The highest BCUT2D eigenvalue weighted by atomic mass is 16.2. The van der Waals surface area contributed by atoms with E-state index in [1.807, 2.05) is 51.2 Å². The lowest BCUT2D eigenvalue weighted by atomic mass is 10.0. The van der Waals surface area contributed by atoms with E-state index in [1.54, 1.807) is 4.90 Å². The van der Waals surface area contributed by atoms with Gasteiger partial charge in [0.2, 0.25) is 0 Å². The van der Waals surface area contributed by atoms with Crippen LogP contribution in [0.15, 0.2) is 30.3 Å². The molecule has 2 aromatic rings. The van der Waals surface area contributed by atoms with Crippen LogP contribution in [-0.4, -0.2) is 17.9 Å². The summed E-state index contributed by atoms with van der Waals surface area (Å²) in [5, 5.41) is 0. The summed E-state index contributed by atoms with van der Waals surface area (Å²) in [6.45, 7) is 4.04. The number of anilines is 1. The van der Waals surface area contributed by atoms with Gasteiger partial charge < -0.3 is 9.88 Å². The van der Waals surface area contributed by atoms with Crippen molar-refractivity contribution in [1.29, 1.82) is 0 Å². The molecule has 0 saturated heterocycles. The fourth-order valence-electron chi connectivity index (χ4n) is 2.59. The maximum atomic E-state index is 12.3. The van der Waals surface area contributed by atoms with Gasteiger partial charge in [0.25, 0.3) is 5.91 Å². The zero-order valence-corrected chi connectivity index (χ0v) is 11.3. The molecule has 1 N–H and O–H groups in total. The summed E-state index contributed by atoms with van der Waals surface area (Å²) < 4.78 is 0. The number of hydrogen-bond acceptors (Lipinski definition) is 1. The molecule has 96 valence electrons. The molecule has 0 fully saturated rings. The highest BCUT2D eigenvalue weighted by Crippen LogP contribution is 2.36. The molecule has 2 heterocycles. The number of nitrogens with zero attached hydrogens (tertiary/aromatic N) is 1. The average molecular weight is 252 g/mol. The van der Waals surface area contributed by atoms with Gasteiger partial charge in [0.15, 0.2) is 0 Å². The Bertz CT molecular complexity index is 695. The monoisotopic (exact) mass is 252 g/mol. The van der Waals surface area contributed by atoms with Crippen LogP contribution in [0.5, 0.6) is 0 Å². The van der Waals surface area contributed by atoms with Crippen LogP contribution in [0.4, 0.5) is 5.69 Å². The molecule has 1 aliphatic rings. The number of hydrogen-bond donors (Lipinski definition) is 1. The first-order chi connectivity index (χ1) is 9.08. The Morgan fingerprint density at radius 1 is 1.21 bits per heavy atom. The molecule has 0 aliphatic carbocycles. The molecule has 1 aliphatic heterocycles. The molecule has 1 aromatic carbocycles. The first-order valence-electron chi connectivity index (χ1n) is 6.33. The summed E-state index contributed by atoms with van der Waals surface area (Å²) in [7, 11) is 1.82. The van der Waals surface area contributed by atoms with Gasteiger partial charge >= 0.3 is 0 Å². The van der Waals surface area contributed by atoms with Gasteiger partial charge in [-0.25, -0.2) is 0 Å². The maximum Gasteiger partial charge on any atom is 0.258 e. The molecule has 0 radical (unpaired) electrons. The first-order valence-corrected chi connectivity index (χ1v) is 6.33. The summed E-state index contributed by atoms with van der Waals surface area (Å²) in [4.78, 5) is 17.3. The van der Waals surface area contributed by atoms with Crippen molar-refractivity contribution in [1.82, 2.24) is 4.98 Å². The zero-order chi connectivity index (χ0) is 13.6. The van der Waals surface area contributed by atoms with E-state index in [0.29, 0.717) is 0 Å². The SMILES string of the molecule is Cc1cc(/C=C2/C(=O)N(C)c3ccccc32)c(C)[nH]1. The number of nitrogens with one attached hydrogen (secondary N) is 1. The molecule has 19 heavy (non-hydrogen) atoms. The van der Waals surface area contributed by atoms with Crippen LogP contribution in [0, 0.1) is 13.8 Å². The van der Waals surface area contributed by atoms with Crippen LogP contribution in [0.3, 0.4) is 0 Å². The highest BCUT2D eigenvalue weighted by molar-refractivity contribution is 6.35. The number of amides is 1. The van der Waals surface area contributed by atoms with E-state index >= 15 is 0 Å². The Hall–Kier alpha value is -2.29. The zero-order valence-electron chi connectivity index (χ0n) is 11.3. The molecule has 0 bridgehead atoms. The van der Waals surface area contributed by atoms with Crippen LogP contribution in [0.2, 0.25) is 0 Å². The fourth-order valence-corrected chi connectivity index (χ4v) is 2.59. The third kappa shape index (κ3) is 1.78.